The molecule has 302 valence electrons. The number of hydrogen-bond donors (Lipinski definition) is 1. The molecule has 2 aliphatic rings. The SMILES string of the molecule is COc1cc(N2CCOCC2)ccc1C(=O)N(CCc1ccc(N2CCOCC2)c(OC)c1C(=O)NCc1nnc(-c2cccs2)o1)Cc1nnc(-c2cccs2)o1. The lowest BCUT2D eigenvalue weighted by Gasteiger charge is -2.31. The molecule has 0 aliphatic carbocycles. The first-order chi connectivity index (χ1) is 28.5. The number of nitrogens with one attached hydrogen (secondary N) is 1. The Labute approximate surface area is 342 Å². The number of methoxy groups -OCH3 is 2. The van der Waals surface area contributed by atoms with Crippen LogP contribution in [0.15, 0.2) is 74.2 Å². The van der Waals surface area contributed by atoms with Crippen molar-refractivity contribution in [3.8, 4) is 33.0 Å². The molecule has 6 heterocycles. The van der Waals surface area contributed by atoms with Crippen LogP contribution in [0.2, 0.25) is 0 Å². The molecule has 2 aliphatic heterocycles. The highest BCUT2D eigenvalue weighted by molar-refractivity contribution is 7.13. The summed E-state index contributed by atoms with van der Waals surface area (Å²) in [6.07, 6.45) is 0.275. The van der Waals surface area contributed by atoms with E-state index in [9.17, 15) is 9.59 Å². The number of aromatic nitrogens is 4. The maximum absolute atomic E-state index is 14.6. The number of nitrogens with zero attached hydrogens (tertiary/aromatic N) is 7. The van der Waals surface area contributed by atoms with Crippen molar-refractivity contribution in [2.75, 3.05) is 83.2 Å². The minimum absolute atomic E-state index is 0.00379. The number of benzene rings is 2. The van der Waals surface area contributed by atoms with Gasteiger partial charge in [0, 0.05) is 44.5 Å². The zero-order chi connectivity index (χ0) is 39.8. The average molecular weight is 827 g/mol. The molecule has 2 fully saturated rings. The van der Waals surface area contributed by atoms with Gasteiger partial charge in [0.25, 0.3) is 23.6 Å². The summed E-state index contributed by atoms with van der Waals surface area (Å²) in [5, 5.41) is 23.7. The van der Waals surface area contributed by atoms with Crippen LogP contribution in [-0.4, -0.2) is 110 Å². The number of carbonyl (C=O) groups is 2. The molecule has 2 saturated heterocycles. The van der Waals surface area contributed by atoms with Crippen molar-refractivity contribution in [1.82, 2.24) is 30.6 Å². The van der Waals surface area contributed by atoms with E-state index in [1.807, 2.05) is 59.3 Å². The van der Waals surface area contributed by atoms with Crippen molar-refractivity contribution < 1.29 is 37.4 Å². The Morgan fingerprint density at radius 2 is 1.45 bits per heavy atom. The third-order valence-corrected chi connectivity index (χ3v) is 11.6. The number of carbonyl (C=O) groups excluding carboxylic acids is 2. The fraction of sp³-hybridized carbons (Fsp3) is 0.350. The zero-order valence-electron chi connectivity index (χ0n) is 32.0. The smallest absolute Gasteiger partial charge is 0.258 e. The van der Waals surface area contributed by atoms with Gasteiger partial charge in [-0.1, -0.05) is 18.2 Å². The molecular weight excluding hydrogens is 785 g/mol. The molecule has 8 rings (SSSR count). The standard InChI is InChI=1S/C40H42N8O8S2/c1-51-30-23-27(46-13-17-53-18-14-46)8-9-28(30)40(50)48(25-34-43-45-39(56-34)32-6-4-22-58-32)12-11-26-7-10-29(47-15-19-54-20-16-47)36(52-2)35(26)37(49)41-24-33-42-44-38(55-33)31-5-3-21-57-31/h3-10,21-23H,11-20,24-25H2,1-2H3,(H,41,49). The van der Waals surface area contributed by atoms with E-state index in [1.54, 1.807) is 25.2 Å². The van der Waals surface area contributed by atoms with E-state index in [-0.39, 0.29) is 43.7 Å². The number of thiophene rings is 2. The molecule has 0 radical (unpaired) electrons. The predicted molar refractivity (Wildman–Crippen MR) is 217 cm³/mol. The van der Waals surface area contributed by atoms with E-state index in [2.05, 4.69) is 35.5 Å². The molecule has 2 aromatic carbocycles. The molecule has 16 nitrogen and oxygen atoms in total. The second-order valence-corrected chi connectivity index (χ2v) is 15.2. The molecule has 0 saturated carbocycles. The van der Waals surface area contributed by atoms with Crippen LogP contribution in [0, 0.1) is 0 Å². The molecule has 58 heavy (non-hydrogen) atoms. The lowest BCUT2D eigenvalue weighted by Crippen LogP contribution is -2.37. The highest BCUT2D eigenvalue weighted by Gasteiger charge is 2.28. The Morgan fingerprint density at radius 3 is 2.09 bits per heavy atom. The average Bonchev–Trinajstić information content (AvgIpc) is 4.13. The molecule has 1 N–H and O–H groups in total. The minimum atomic E-state index is -0.395. The van der Waals surface area contributed by atoms with Crippen LogP contribution in [0.5, 0.6) is 11.5 Å². The van der Waals surface area contributed by atoms with Gasteiger partial charge in [0.1, 0.15) is 5.75 Å². The Kier molecular flexibility index (Phi) is 12.2. The normalized spacial score (nSPS) is 14.4. The van der Waals surface area contributed by atoms with Gasteiger partial charge in [-0.05, 0) is 53.1 Å². The predicted octanol–water partition coefficient (Wildman–Crippen LogP) is 5.42. The quantitative estimate of drug-likeness (QED) is 0.139. The van der Waals surface area contributed by atoms with Crippen LogP contribution >= 0.6 is 22.7 Å². The first kappa shape index (κ1) is 39.0. The second kappa shape index (κ2) is 18.2. The van der Waals surface area contributed by atoms with Crippen molar-refractivity contribution in [1.29, 1.82) is 0 Å². The molecule has 2 amide bonds. The maximum Gasteiger partial charge on any atom is 0.258 e. The largest absolute Gasteiger partial charge is 0.496 e. The van der Waals surface area contributed by atoms with E-state index >= 15 is 0 Å². The molecule has 4 aromatic heterocycles. The molecule has 0 bridgehead atoms. The highest BCUT2D eigenvalue weighted by atomic mass is 32.1. The fourth-order valence-electron chi connectivity index (χ4n) is 6.93. The Hall–Kier alpha value is -5.82. The Balaban J connectivity index is 1.09. The number of anilines is 2. The van der Waals surface area contributed by atoms with Gasteiger partial charge in [-0.25, -0.2) is 0 Å². The molecule has 18 heteroatoms. The number of amides is 2. The van der Waals surface area contributed by atoms with Crippen LogP contribution in [0.1, 0.15) is 38.1 Å². The van der Waals surface area contributed by atoms with Crippen LogP contribution in [0.4, 0.5) is 11.4 Å². The monoisotopic (exact) mass is 826 g/mol. The van der Waals surface area contributed by atoms with Crippen LogP contribution in [0.3, 0.4) is 0 Å². The first-order valence-electron chi connectivity index (χ1n) is 18.8. The van der Waals surface area contributed by atoms with Crippen molar-refractivity contribution in [3.63, 3.8) is 0 Å². The van der Waals surface area contributed by atoms with E-state index in [0.717, 1.165) is 34.2 Å². The molecule has 6 aromatic rings. The van der Waals surface area contributed by atoms with Crippen LogP contribution in [-0.2, 0) is 29.0 Å². The van der Waals surface area contributed by atoms with Crippen molar-refractivity contribution >= 4 is 45.9 Å². The van der Waals surface area contributed by atoms with Gasteiger partial charge in [-0.3, -0.25) is 9.59 Å². The molecule has 0 atom stereocenters. The van der Waals surface area contributed by atoms with Gasteiger partial charge in [-0.2, -0.15) is 0 Å². The summed E-state index contributed by atoms with van der Waals surface area (Å²) in [4.78, 5) is 36.5. The summed E-state index contributed by atoms with van der Waals surface area (Å²) in [7, 11) is 3.10. The summed E-state index contributed by atoms with van der Waals surface area (Å²) < 4.78 is 34.9. The fourth-order valence-corrected chi connectivity index (χ4v) is 8.22. The van der Waals surface area contributed by atoms with Gasteiger partial charge >= 0.3 is 0 Å². The van der Waals surface area contributed by atoms with E-state index in [0.29, 0.717) is 79.5 Å². The number of hydrogen-bond acceptors (Lipinski definition) is 16. The highest BCUT2D eigenvalue weighted by Crippen LogP contribution is 2.36. The van der Waals surface area contributed by atoms with E-state index in [1.165, 1.54) is 22.7 Å². The lowest BCUT2D eigenvalue weighted by molar-refractivity contribution is 0.0727. The van der Waals surface area contributed by atoms with Gasteiger partial charge < -0.3 is 47.8 Å². The topological polar surface area (TPSA) is 171 Å². The third kappa shape index (κ3) is 8.69. The van der Waals surface area contributed by atoms with Gasteiger partial charge in [0.15, 0.2) is 5.75 Å². The summed E-state index contributed by atoms with van der Waals surface area (Å²) in [5.41, 5.74) is 3.07. The minimum Gasteiger partial charge on any atom is -0.496 e. The number of ether oxygens (including phenoxy) is 4. The van der Waals surface area contributed by atoms with E-state index in [4.69, 9.17) is 27.8 Å². The summed E-state index contributed by atoms with van der Waals surface area (Å²) in [6, 6.07) is 17.0. The summed E-state index contributed by atoms with van der Waals surface area (Å²) >= 11 is 2.96. The van der Waals surface area contributed by atoms with E-state index < -0.39 is 5.91 Å². The number of morpholine rings is 2. The molecular formula is C40H42N8O8S2. The Bertz CT molecular complexity index is 2300. The van der Waals surface area contributed by atoms with Gasteiger partial charge in [0.2, 0.25) is 11.8 Å². The van der Waals surface area contributed by atoms with Crippen molar-refractivity contribution in [2.24, 2.45) is 0 Å². The van der Waals surface area contributed by atoms with Crippen LogP contribution in [0.25, 0.3) is 21.5 Å². The summed E-state index contributed by atoms with van der Waals surface area (Å²) in [6.45, 7) is 5.28. The molecule has 0 unspecified atom stereocenters. The van der Waals surface area contributed by atoms with Gasteiger partial charge in [-0.15, -0.1) is 43.1 Å². The maximum atomic E-state index is 14.6. The van der Waals surface area contributed by atoms with Gasteiger partial charge in [0.05, 0.1) is 80.3 Å². The number of rotatable bonds is 15. The third-order valence-electron chi connectivity index (χ3n) is 9.86. The second-order valence-electron chi connectivity index (χ2n) is 13.4. The zero-order valence-corrected chi connectivity index (χ0v) is 33.7. The first-order valence-corrected chi connectivity index (χ1v) is 20.6. The lowest BCUT2D eigenvalue weighted by atomic mass is 9.99. The summed E-state index contributed by atoms with van der Waals surface area (Å²) in [5.74, 6) is 1.43. The molecule has 0 spiro atoms. The van der Waals surface area contributed by atoms with Crippen LogP contribution < -0.4 is 24.6 Å². The van der Waals surface area contributed by atoms with Crippen molar-refractivity contribution in [3.05, 3.63) is 93.8 Å². The van der Waals surface area contributed by atoms with Crippen molar-refractivity contribution in [2.45, 2.75) is 19.5 Å². The Morgan fingerprint density at radius 1 is 0.793 bits per heavy atom.